The van der Waals surface area contributed by atoms with Crippen LogP contribution < -0.4 is 10.9 Å². The molecule has 0 unspecified atom stereocenters. The fourth-order valence-corrected chi connectivity index (χ4v) is 3.35. The predicted molar refractivity (Wildman–Crippen MR) is 116 cm³/mol. The minimum Gasteiger partial charge on any atom is -0.463 e. The molecule has 2 amide bonds. The number of halogens is 1. The van der Waals surface area contributed by atoms with Gasteiger partial charge < -0.3 is 8.83 Å². The van der Waals surface area contributed by atoms with Crippen LogP contribution in [0.3, 0.4) is 0 Å². The summed E-state index contributed by atoms with van der Waals surface area (Å²) in [4.78, 5) is 28.6. The minimum absolute atomic E-state index is 0.0278. The van der Waals surface area contributed by atoms with E-state index >= 15 is 0 Å². The molecular weight excluding hydrogens is 486 g/mol. The van der Waals surface area contributed by atoms with Gasteiger partial charge in [-0.25, -0.2) is 4.98 Å². The van der Waals surface area contributed by atoms with E-state index in [1.54, 1.807) is 48.5 Å². The largest absolute Gasteiger partial charge is 0.463 e. The van der Waals surface area contributed by atoms with Crippen molar-refractivity contribution in [2.24, 2.45) is 0 Å². The van der Waals surface area contributed by atoms with E-state index < -0.39 is 11.8 Å². The summed E-state index contributed by atoms with van der Waals surface area (Å²) in [6, 6.07) is 13.7. The van der Waals surface area contributed by atoms with E-state index in [1.165, 1.54) is 12.5 Å². The van der Waals surface area contributed by atoms with Crippen molar-refractivity contribution >= 4 is 39.5 Å². The molecule has 0 aliphatic heterocycles. The van der Waals surface area contributed by atoms with Crippen molar-refractivity contribution in [1.29, 1.82) is 0 Å². The Bertz CT molecular complexity index is 1180. The Morgan fingerprint density at radius 3 is 2.23 bits per heavy atom. The second-order valence-corrected chi connectivity index (χ2v) is 7.90. The molecule has 0 atom stereocenters. The van der Waals surface area contributed by atoms with E-state index in [0.29, 0.717) is 28.5 Å². The summed E-state index contributed by atoms with van der Waals surface area (Å²) >= 11 is 4.37. The molecule has 0 aliphatic rings. The van der Waals surface area contributed by atoms with Crippen molar-refractivity contribution in [3.05, 3.63) is 71.1 Å². The van der Waals surface area contributed by atoms with Gasteiger partial charge in [0.15, 0.2) is 17.2 Å². The highest BCUT2D eigenvalue weighted by molar-refractivity contribution is 9.10. The van der Waals surface area contributed by atoms with Gasteiger partial charge in [0, 0.05) is 10.0 Å². The third kappa shape index (κ3) is 5.19. The molecule has 156 valence electrons. The molecule has 1 aromatic carbocycles. The molecule has 0 aliphatic carbocycles. The van der Waals surface area contributed by atoms with E-state index in [4.69, 9.17) is 8.83 Å². The lowest BCUT2D eigenvalue weighted by molar-refractivity contribution is -0.119. The number of benzene rings is 1. The first-order chi connectivity index (χ1) is 15.1. The van der Waals surface area contributed by atoms with E-state index in [0.717, 1.165) is 16.2 Å². The Morgan fingerprint density at radius 2 is 1.58 bits per heavy atom. The van der Waals surface area contributed by atoms with Gasteiger partial charge in [-0.05, 0) is 48.5 Å². The lowest BCUT2D eigenvalue weighted by atomic mass is 10.2. The molecule has 3 aromatic heterocycles. The second-order valence-electron chi connectivity index (χ2n) is 6.04. The third-order valence-corrected chi connectivity index (χ3v) is 5.30. The van der Waals surface area contributed by atoms with E-state index in [2.05, 4.69) is 42.0 Å². The predicted octanol–water partition coefficient (Wildman–Crippen LogP) is 3.71. The van der Waals surface area contributed by atoms with Crippen LogP contribution in [0.5, 0.6) is 0 Å². The summed E-state index contributed by atoms with van der Waals surface area (Å²) in [5.41, 5.74) is 6.02. The molecular formula is C20H14BrN5O4S. The number of furan rings is 2. The van der Waals surface area contributed by atoms with Gasteiger partial charge >= 0.3 is 0 Å². The lowest BCUT2D eigenvalue weighted by Crippen LogP contribution is -2.42. The van der Waals surface area contributed by atoms with Gasteiger partial charge in [-0.3, -0.25) is 20.4 Å². The lowest BCUT2D eigenvalue weighted by Gasteiger charge is -2.08. The summed E-state index contributed by atoms with van der Waals surface area (Å²) in [6.07, 6.45) is 3.05. The summed E-state index contributed by atoms with van der Waals surface area (Å²) < 4.78 is 11.7. The van der Waals surface area contributed by atoms with Gasteiger partial charge in [0.2, 0.25) is 11.1 Å². The van der Waals surface area contributed by atoms with Crippen molar-refractivity contribution < 1.29 is 18.4 Å². The first kappa shape index (κ1) is 20.8. The van der Waals surface area contributed by atoms with Crippen LogP contribution >= 0.6 is 27.7 Å². The number of hydrazine groups is 1. The molecule has 9 nitrogen and oxygen atoms in total. The Kier molecular flexibility index (Phi) is 6.43. The first-order valence-electron chi connectivity index (χ1n) is 8.90. The number of nitrogens with one attached hydrogen (secondary N) is 2. The van der Waals surface area contributed by atoms with E-state index in [1.807, 2.05) is 0 Å². The molecule has 0 bridgehead atoms. The number of rotatable bonds is 6. The van der Waals surface area contributed by atoms with Crippen molar-refractivity contribution in [2.75, 3.05) is 5.75 Å². The summed E-state index contributed by atoms with van der Waals surface area (Å²) in [6.45, 7) is 0. The summed E-state index contributed by atoms with van der Waals surface area (Å²) in [7, 11) is 0. The molecule has 0 radical (unpaired) electrons. The Labute approximate surface area is 188 Å². The topological polar surface area (TPSA) is 123 Å². The molecule has 2 N–H and O–H groups in total. The molecule has 31 heavy (non-hydrogen) atoms. The zero-order valence-corrected chi connectivity index (χ0v) is 18.1. The van der Waals surface area contributed by atoms with Crippen molar-refractivity contribution in [2.45, 2.75) is 5.16 Å². The maximum atomic E-state index is 12.1. The fraction of sp³-hybridized carbons (Fsp3) is 0.0500. The van der Waals surface area contributed by atoms with Gasteiger partial charge in [0.1, 0.15) is 5.69 Å². The normalized spacial score (nSPS) is 10.6. The number of hydrogen-bond donors (Lipinski definition) is 2. The number of nitrogens with zero attached hydrogens (tertiary/aromatic N) is 3. The maximum Gasteiger partial charge on any atom is 0.269 e. The molecule has 11 heteroatoms. The third-order valence-electron chi connectivity index (χ3n) is 3.93. The fourth-order valence-electron chi connectivity index (χ4n) is 2.50. The average molecular weight is 500 g/mol. The molecule has 4 rings (SSSR count). The molecule has 0 saturated carbocycles. The van der Waals surface area contributed by atoms with Crippen LogP contribution in [0, 0.1) is 0 Å². The van der Waals surface area contributed by atoms with E-state index in [-0.39, 0.29) is 10.9 Å². The maximum absolute atomic E-state index is 12.1. The zero-order valence-electron chi connectivity index (χ0n) is 15.7. The SMILES string of the molecule is O=C(CSc1nnc(-c2ccco2)c(-c2ccco2)n1)NNC(=O)c1ccc(Br)cc1. The number of aromatic nitrogens is 3. The Hall–Kier alpha value is -3.44. The van der Waals surface area contributed by atoms with E-state index in [9.17, 15) is 9.59 Å². The summed E-state index contributed by atoms with van der Waals surface area (Å²) in [5, 5.41) is 8.51. The number of hydrogen-bond acceptors (Lipinski definition) is 8. The van der Waals surface area contributed by atoms with Gasteiger partial charge in [-0.1, -0.05) is 27.7 Å². The van der Waals surface area contributed by atoms with Gasteiger partial charge in [0.25, 0.3) is 5.91 Å². The van der Waals surface area contributed by atoms with Crippen LogP contribution in [-0.2, 0) is 4.79 Å². The van der Waals surface area contributed by atoms with Gasteiger partial charge in [-0.15, -0.1) is 10.2 Å². The number of thioether (sulfide) groups is 1. The average Bonchev–Trinajstić information content (AvgIpc) is 3.51. The van der Waals surface area contributed by atoms with Gasteiger partial charge in [0.05, 0.1) is 18.3 Å². The Balaban J connectivity index is 1.39. The van der Waals surface area contributed by atoms with Crippen LogP contribution in [0.2, 0.25) is 0 Å². The highest BCUT2D eigenvalue weighted by Gasteiger charge is 2.18. The molecule has 4 aromatic rings. The second kappa shape index (κ2) is 9.58. The zero-order chi connectivity index (χ0) is 21.6. The summed E-state index contributed by atoms with van der Waals surface area (Å²) in [5.74, 6) is 0.117. The van der Waals surface area contributed by atoms with Crippen LogP contribution in [-0.4, -0.2) is 32.7 Å². The minimum atomic E-state index is -0.424. The number of carbonyl (C=O) groups is 2. The van der Waals surface area contributed by atoms with Gasteiger partial charge in [-0.2, -0.15) is 0 Å². The van der Waals surface area contributed by atoms with Crippen LogP contribution in [0.4, 0.5) is 0 Å². The van der Waals surface area contributed by atoms with Crippen molar-refractivity contribution in [3.63, 3.8) is 0 Å². The van der Waals surface area contributed by atoms with Crippen LogP contribution in [0.1, 0.15) is 10.4 Å². The molecule has 0 spiro atoms. The van der Waals surface area contributed by atoms with Crippen LogP contribution in [0.25, 0.3) is 22.9 Å². The smallest absolute Gasteiger partial charge is 0.269 e. The highest BCUT2D eigenvalue weighted by Crippen LogP contribution is 2.30. The standard InChI is InChI=1S/C20H14BrN5O4S/c21-13-7-5-12(6-8-13)19(28)25-23-16(27)11-31-20-22-17(14-3-1-9-29-14)18(24-26-20)15-4-2-10-30-15/h1-10H,11H2,(H,23,27)(H,25,28). The molecule has 0 saturated heterocycles. The molecule has 3 heterocycles. The van der Waals surface area contributed by atoms with Crippen LogP contribution in [0.15, 0.2) is 79.5 Å². The first-order valence-corrected chi connectivity index (χ1v) is 10.7. The highest BCUT2D eigenvalue weighted by atomic mass is 79.9. The van der Waals surface area contributed by atoms with Crippen molar-refractivity contribution in [1.82, 2.24) is 26.0 Å². The monoisotopic (exact) mass is 499 g/mol. The quantitative estimate of drug-likeness (QED) is 0.304. The number of carbonyl (C=O) groups excluding carboxylic acids is 2. The van der Waals surface area contributed by atoms with Crippen molar-refractivity contribution in [3.8, 4) is 22.9 Å². The molecule has 0 fully saturated rings. The number of amides is 2. The Morgan fingerprint density at radius 1 is 0.903 bits per heavy atom.